The van der Waals surface area contributed by atoms with E-state index in [1.165, 1.54) is 18.7 Å². The Hall–Kier alpha value is -4.00. The van der Waals surface area contributed by atoms with Crippen molar-refractivity contribution in [3.8, 4) is 0 Å². The minimum absolute atomic E-state index is 0.0131. The molecule has 282 valence electrons. The molecule has 2 unspecified atom stereocenters. The minimum Gasteiger partial charge on any atom is -0.441 e. The summed E-state index contributed by atoms with van der Waals surface area (Å²) in [6.07, 6.45) is 0.916. The van der Waals surface area contributed by atoms with Gasteiger partial charge in [0, 0.05) is 40.8 Å². The number of phosphoric acid groups is 3. The van der Waals surface area contributed by atoms with Crippen molar-refractivity contribution in [1.29, 1.82) is 0 Å². The van der Waals surface area contributed by atoms with Crippen LogP contribution in [0.2, 0.25) is 0 Å². The number of nitrogens with zero attached hydrogens (tertiary/aromatic N) is 5. The molecule has 1 aliphatic heterocycles. The predicted molar refractivity (Wildman–Crippen MR) is 180 cm³/mol. The van der Waals surface area contributed by atoms with Crippen LogP contribution >= 0.6 is 23.5 Å². The number of H-pyrrole nitrogens is 2. The van der Waals surface area contributed by atoms with Gasteiger partial charge in [-0.05, 0) is 56.0 Å². The van der Waals surface area contributed by atoms with Crippen LogP contribution in [0, 0.1) is 13.8 Å². The molecule has 5 rings (SSSR count). The fourth-order valence-corrected chi connectivity index (χ4v) is 8.06. The zero-order valence-electron chi connectivity index (χ0n) is 27.6. The lowest BCUT2D eigenvalue weighted by Crippen LogP contribution is -2.33. The maximum Gasteiger partial charge on any atom is 0.490 e. The molecule has 0 radical (unpaired) electrons. The lowest BCUT2D eigenvalue weighted by atomic mass is 10.1. The first-order valence-electron chi connectivity index (χ1n) is 15.2. The van der Waals surface area contributed by atoms with Gasteiger partial charge in [-0.25, -0.2) is 23.5 Å². The van der Waals surface area contributed by atoms with Crippen LogP contribution in [0.5, 0.6) is 0 Å². The standard InChI is InChI=1S/C17H18N2O2.C10H16N5O13P3/c1-3-12-10-13(17(20)18-11(12)2)8-9-16-19-14-6-4-5-7-15(14)21-16;1-5-3-15(10(17)12-9(5)16)8-2-6(13-14-11)7(26-8)4-25-30(21,22)28-31(23,24)27-29(18,19)20/h4-7,10H,3,8-9H2,1-2H3,(H,18,20);3,6-8H,2,4H2,1H3,(H,21,22)(H,23,24)(H,12,16,17)(H2,18,19,20)/t;6-,7+,8+/m.0/s1. The van der Waals surface area contributed by atoms with E-state index in [-0.39, 0.29) is 17.5 Å². The molecule has 25 heteroatoms. The maximum atomic E-state index is 12.0. The van der Waals surface area contributed by atoms with Crippen molar-refractivity contribution in [3.63, 3.8) is 0 Å². The molecule has 3 aromatic heterocycles. The zero-order valence-corrected chi connectivity index (χ0v) is 30.3. The molecule has 0 bridgehead atoms. The van der Waals surface area contributed by atoms with Crippen LogP contribution in [-0.2, 0) is 50.8 Å². The average Bonchev–Trinajstić information content (AvgIpc) is 3.64. The molecule has 0 spiro atoms. The third-order valence-electron chi connectivity index (χ3n) is 7.43. The number of aryl methyl sites for hydroxylation is 5. The number of aromatic nitrogens is 4. The Morgan fingerprint density at radius 2 is 1.73 bits per heavy atom. The number of fused-ring (bicyclic) bond motifs is 1. The number of para-hydroxylation sites is 2. The Bertz CT molecular complexity index is 2260. The van der Waals surface area contributed by atoms with Crippen LogP contribution in [0.1, 0.15) is 47.8 Å². The molecule has 6 N–H and O–H groups in total. The molecule has 52 heavy (non-hydrogen) atoms. The van der Waals surface area contributed by atoms with Crippen molar-refractivity contribution < 1.29 is 55.6 Å². The number of nitrogens with one attached hydrogen (secondary N) is 2. The highest BCUT2D eigenvalue weighted by Gasteiger charge is 2.43. The summed E-state index contributed by atoms with van der Waals surface area (Å²) in [7, 11) is -16.7. The molecule has 0 aliphatic carbocycles. The summed E-state index contributed by atoms with van der Waals surface area (Å²) in [6.45, 7) is 4.57. The third-order valence-corrected chi connectivity index (χ3v) is 11.2. The quantitative estimate of drug-likeness (QED) is 0.0489. The van der Waals surface area contributed by atoms with Gasteiger partial charge >= 0.3 is 29.2 Å². The molecule has 4 heterocycles. The number of hydrogen-bond acceptors (Lipinski definition) is 13. The van der Waals surface area contributed by atoms with Gasteiger partial charge in [0.25, 0.3) is 11.1 Å². The maximum absolute atomic E-state index is 12.0. The first-order chi connectivity index (χ1) is 24.3. The molecule has 0 saturated carbocycles. The smallest absolute Gasteiger partial charge is 0.441 e. The Labute approximate surface area is 292 Å². The Morgan fingerprint density at radius 1 is 1.02 bits per heavy atom. The van der Waals surface area contributed by atoms with Gasteiger partial charge in [0.15, 0.2) is 11.5 Å². The second-order valence-corrected chi connectivity index (χ2v) is 15.6. The predicted octanol–water partition coefficient (Wildman–Crippen LogP) is 3.33. The normalized spacial score (nSPS) is 19.6. The summed E-state index contributed by atoms with van der Waals surface area (Å²) in [5.41, 5.74) is 11.9. The van der Waals surface area contributed by atoms with E-state index in [0.29, 0.717) is 18.7 Å². The molecule has 1 aromatic carbocycles. The largest absolute Gasteiger partial charge is 0.490 e. The van der Waals surface area contributed by atoms with Gasteiger partial charge in [0.05, 0.1) is 18.8 Å². The first kappa shape index (κ1) is 40.8. The lowest BCUT2D eigenvalue weighted by Gasteiger charge is -2.19. The number of azide groups is 1. The van der Waals surface area contributed by atoms with E-state index in [1.54, 1.807) is 0 Å². The van der Waals surface area contributed by atoms with E-state index >= 15 is 0 Å². The SMILES string of the molecule is CCc1cc(CCc2nc3ccccc3o2)c(=O)[nH]c1C.Cc1cn([C@H]2C[C@H](N=[N+]=[N-])[C@@H](COP(=O)(O)OP(=O)(O)OP(=O)(O)O)O2)c(=O)[nH]c1=O. The van der Waals surface area contributed by atoms with Crippen LogP contribution in [-0.4, -0.2) is 57.8 Å². The molecule has 1 saturated heterocycles. The van der Waals surface area contributed by atoms with Crippen LogP contribution < -0.4 is 16.8 Å². The molecule has 4 aromatic rings. The number of phosphoric ester groups is 1. The Morgan fingerprint density at radius 3 is 2.38 bits per heavy atom. The molecule has 22 nitrogen and oxygen atoms in total. The second-order valence-electron chi connectivity index (χ2n) is 11.2. The van der Waals surface area contributed by atoms with Gasteiger partial charge in [-0.1, -0.05) is 24.2 Å². The van der Waals surface area contributed by atoms with E-state index in [4.69, 9.17) is 29.4 Å². The van der Waals surface area contributed by atoms with Gasteiger partial charge in [0.1, 0.15) is 11.7 Å². The van der Waals surface area contributed by atoms with E-state index in [1.807, 2.05) is 42.2 Å². The zero-order chi connectivity index (χ0) is 38.4. The Kier molecular flexibility index (Phi) is 13.1. The van der Waals surface area contributed by atoms with Crippen molar-refractivity contribution in [3.05, 3.63) is 106 Å². The van der Waals surface area contributed by atoms with E-state index in [9.17, 15) is 33.0 Å². The van der Waals surface area contributed by atoms with Crippen molar-refractivity contribution in [2.24, 2.45) is 5.11 Å². The number of oxazole rings is 1. The van der Waals surface area contributed by atoms with Gasteiger partial charge in [-0.3, -0.25) is 23.7 Å². The number of ether oxygens (including phenoxy) is 1. The van der Waals surface area contributed by atoms with Crippen LogP contribution in [0.3, 0.4) is 0 Å². The lowest BCUT2D eigenvalue weighted by molar-refractivity contribution is -0.0267. The number of hydrogen-bond donors (Lipinski definition) is 6. The van der Waals surface area contributed by atoms with Crippen molar-refractivity contribution in [2.45, 2.75) is 64.8 Å². The van der Waals surface area contributed by atoms with Gasteiger partial charge in [0.2, 0.25) is 0 Å². The molecular formula is C27H34N7O15P3. The van der Waals surface area contributed by atoms with Crippen molar-refractivity contribution in [1.82, 2.24) is 19.5 Å². The molecule has 1 aliphatic rings. The van der Waals surface area contributed by atoms with E-state index in [0.717, 1.165) is 33.3 Å². The fourth-order valence-electron chi connectivity index (χ4n) is 5.03. The molecular weight excluding hydrogens is 755 g/mol. The van der Waals surface area contributed by atoms with Crippen LogP contribution in [0.4, 0.5) is 0 Å². The molecule has 5 atom stereocenters. The second kappa shape index (κ2) is 16.8. The van der Waals surface area contributed by atoms with Gasteiger partial charge < -0.3 is 33.7 Å². The number of benzene rings is 1. The summed E-state index contributed by atoms with van der Waals surface area (Å²) in [6, 6.07) is 8.65. The van der Waals surface area contributed by atoms with E-state index < -0.39 is 59.7 Å². The van der Waals surface area contributed by atoms with Crippen LogP contribution in [0.15, 0.2) is 60.4 Å². The first-order valence-corrected chi connectivity index (χ1v) is 19.7. The van der Waals surface area contributed by atoms with E-state index in [2.05, 4.69) is 40.1 Å². The summed E-state index contributed by atoms with van der Waals surface area (Å²) in [5.74, 6) is 0.675. The number of rotatable bonds is 13. The van der Waals surface area contributed by atoms with Crippen LogP contribution in [0.25, 0.3) is 21.5 Å². The number of aromatic amines is 2. The van der Waals surface area contributed by atoms with Crippen molar-refractivity contribution in [2.75, 3.05) is 6.61 Å². The topological polar surface area (TPSA) is 332 Å². The summed E-state index contributed by atoms with van der Waals surface area (Å²) in [5, 5.41) is 3.42. The number of pyridine rings is 1. The highest BCUT2D eigenvalue weighted by Crippen LogP contribution is 2.66. The highest BCUT2D eigenvalue weighted by atomic mass is 31.3. The summed E-state index contributed by atoms with van der Waals surface area (Å²) in [4.78, 5) is 83.1. The minimum atomic E-state index is -5.70. The van der Waals surface area contributed by atoms with Gasteiger partial charge in [-0.15, -0.1) is 0 Å². The summed E-state index contributed by atoms with van der Waals surface area (Å²) < 4.78 is 57.5. The monoisotopic (exact) mass is 789 g/mol. The molecule has 1 fully saturated rings. The van der Waals surface area contributed by atoms with Crippen molar-refractivity contribution >= 4 is 34.6 Å². The summed E-state index contributed by atoms with van der Waals surface area (Å²) >= 11 is 0. The Balaban J connectivity index is 0.000000249. The average molecular weight is 790 g/mol. The molecule has 0 amide bonds. The highest BCUT2D eigenvalue weighted by molar-refractivity contribution is 7.66. The van der Waals surface area contributed by atoms with Gasteiger partial charge in [-0.2, -0.15) is 8.62 Å². The fraction of sp³-hybridized carbons (Fsp3) is 0.407. The third kappa shape index (κ3) is 11.2.